The number of urea groups is 1. The number of hydrogen-bond acceptors (Lipinski definition) is 3. The van der Waals surface area contributed by atoms with E-state index in [1.165, 1.54) is 0 Å². The highest BCUT2D eigenvalue weighted by Crippen LogP contribution is 2.20. The van der Waals surface area contributed by atoms with Gasteiger partial charge in [0.2, 0.25) is 0 Å². The molecule has 4 aromatic rings. The fourth-order valence-electron chi connectivity index (χ4n) is 3.39. The van der Waals surface area contributed by atoms with Crippen LogP contribution in [0.3, 0.4) is 0 Å². The summed E-state index contributed by atoms with van der Waals surface area (Å²) in [5.74, 6) is 1.49. The van der Waals surface area contributed by atoms with Gasteiger partial charge in [0.1, 0.15) is 18.1 Å². The van der Waals surface area contributed by atoms with Gasteiger partial charge in [0.15, 0.2) is 0 Å². The fraction of sp³-hybridized carbons (Fsp3) is 0.148. The molecule has 0 aliphatic carbocycles. The predicted molar refractivity (Wildman–Crippen MR) is 125 cm³/mol. The molecular weight excluding hydrogens is 400 g/mol. The molecule has 5 nitrogen and oxygen atoms in total. The number of para-hydroxylation sites is 1. The number of rotatable bonds is 8. The lowest BCUT2D eigenvalue weighted by molar-refractivity contribution is 0.201. The van der Waals surface area contributed by atoms with E-state index in [2.05, 4.69) is 5.32 Å². The van der Waals surface area contributed by atoms with Gasteiger partial charge in [-0.2, -0.15) is 0 Å². The van der Waals surface area contributed by atoms with Crippen LogP contribution in [-0.2, 0) is 19.7 Å². The van der Waals surface area contributed by atoms with Gasteiger partial charge < -0.3 is 19.4 Å². The van der Waals surface area contributed by atoms with Crippen molar-refractivity contribution >= 4 is 11.7 Å². The Morgan fingerprint density at radius 1 is 0.875 bits per heavy atom. The Morgan fingerprint density at radius 3 is 2.44 bits per heavy atom. The van der Waals surface area contributed by atoms with E-state index in [-0.39, 0.29) is 6.03 Å². The van der Waals surface area contributed by atoms with Crippen molar-refractivity contribution in [1.82, 2.24) is 4.90 Å². The monoisotopic (exact) mass is 426 g/mol. The van der Waals surface area contributed by atoms with E-state index in [0.29, 0.717) is 19.7 Å². The summed E-state index contributed by atoms with van der Waals surface area (Å²) in [7, 11) is 0. The summed E-state index contributed by atoms with van der Waals surface area (Å²) in [6, 6.07) is 29.1. The Hall–Kier alpha value is -3.99. The van der Waals surface area contributed by atoms with Crippen LogP contribution < -0.4 is 10.1 Å². The summed E-state index contributed by atoms with van der Waals surface area (Å²) in [5, 5.41) is 3.02. The molecule has 0 atom stereocenters. The van der Waals surface area contributed by atoms with E-state index in [4.69, 9.17) is 9.15 Å². The van der Waals surface area contributed by atoms with E-state index in [1.54, 1.807) is 11.2 Å². The third-order valence-corrected chi connectivity index (χ3v) is 5.12. The summed E-state index contributed by atoms with van der Waals surface area (Å²) in [6.07, 6.45) is 1.62. The third kappa shape index (κ3) is 5.79. The number of anilines is 1. The molecule has 3 aromatic carbocycles. The van der Waals surface area contributed by atoms with Crippen molar-refractivity contribution in [2.75, 3.05) is 5.32 Å². The Balaban J connectivity index is 1.48. The van der Waals surface area contributed by atoms with Gasteiger partial charge in [0, 0.05) is 12.2 Å². The fourth-order valence-corrected chi connectivity index (χ4v) is 3.39. The molecular formula is C27H26N2O3. The first-order valence-corrected chi connectivity index (χ1v) is 10.6. The van der Waals surface area contributed by atoms with Crippen LogP contribution in [0.25, 0.3) is 0 Å². The van der Waals surface area contributed by atoms with E-state index < -0.39 is 0 Å². The molecule has 0 fully saturated rings. The molecule has 32 heavy (non-hydrogen) atoms. The lowest BCUT2D eigenvalue weighted by Gasteiger charge is -2.23. The lowest BCUT2D eigenvalue weighted by Crippen LogP contribution is -2.34. The minimum absolute atomic E-state index is 0.189. The van der Waals surface area contributed by atoms with Crippen LogP contribution in [0, 0.1) is 6.92 Å². The summed E-state index contributed by atoms with van der Waals surface area (Å²) in [5.41, 5.74) is 3.88. The number of nitrogens with one attached hydrogen (secondary N) is 1. The van der Waals surface area contributed by atoms with E-state index in [9.17, 15) is 4.79 Å². The largest absolute Gasteiger partial charge is 0.489 e. The number of carbonyl (C=O) groups is 1. The molecule has 4 rings (SSSR count). The van der Waals surface area contributed by atoms with Crippen LogP contribution in [-0.4, -0.2) is 10.9 Å². The molecule has 1 heterocycles. The molecule has 0 unspecified atom stereocenters. The van der Waals surface area contributed by atoms with Crippen LogP contribution >= 0.6 is 0 Å². The first kappa shape index (κ1) is 21.2. The maximum Gasteiger partial charge on any atom is 0.322 e. The first-order chi connectivity index (χ1) is 15.7. The molecule has 0 aliphatic heterocycles. The summed E-state index contributed by atoms with van der Waals surface area (Å²) < 4.78 is 11.4. The molecule has 5 heteroatoms. The zero-order valence-electron chi connectivity index (χ0n) is 18.0. The molecule has 0 saturated heterocycles. The third-order valence-electron chi connectivity index (χ3n) is 5.12. The van der Waals surface area contributed by atoms with Crippen molar-refractivity contribution in [3.63, 3.8) is 0 Å². The summed E-state index contributed by atoms with van der Waals surface area (Å²) in [6.45, 7) is 3.25. The first-order valence-electron chi connectivity index (χ1n) is 10.6. The van der Waals surface area contributed by atoms with Gasteiger partial charge in [-0.1, -0.05) is 60.7 Å². The summed E-state index contributed by atoms with van der Waals surface area (Å²) >= 11 is 0. The topological polar surface area (TPSA) is 54.7 Å². The molecule has 0 saturated carbocycles. The van der Waals surface area contributed by atoms with Gasteiger partial charge in [0.25, 0.3) is 0 Å². The highest BCUT2D eigenvalue weighted by Gasteiger charge is 2.17. The van der Waals surface area contributed by atoms with Gasteiger partial charge in [-0.15, -0.1) is 0 Å². The van der Waals surface area contributed by atoms with Gasteiger partial charge in [-0.25, -0.2) is 4.79 Å². The number of furan rings is 1. The second kappa shape index (κ2) is 10.4. The number of benzene rings is 3. The van der Waals surface area contributed by atoms with Crippen LogP contribution in [0.2, 0.25) is 0 Å². The molecule has 0 spiro atoms. The Morgan fingerprint density at radius 2 is 1.66 bits per heavy atom. The average molecular weight is 427 g/mol. The minimum Gasteiger partial charge on any atom is -0.489 e. The molecule has 0 aliphatic rings. The van der Waals surface area contributed by atoms with Crippen molar-refractivity contribution in [1.29, 1.82) is 0 Å². The Kier molecular flexibility index (Phi) is 6.88. The zero-order valence-corrected chi connectivity index (χ0v) is 18.0. The number of carbonyl (C=O) groups excluding carboxylic acids is 1. The minimum atomic E-state index is -0.189. The number of aryl methyl sites for hydroxylation is 1. The average Bonchev–Trinajstić information content (AvgIpc) is 3.33. The van der Waals surface area contributed by atoms with Gasteiger partial charge in [-0.05, 0) is 53.9 Å². The molecule has 2 amide bonds. The zero-order chi connectivity index (χ0) is 22.2. The van der Waals surface area contributed by atoms with Crippen LogP contribution in [0.15, 0.2) is 102 Å². The number of ether oxygens (including phenoxy) is 1. The smallest absolute Gasteiger partial charge is 0.322 e. The Labute approximate surface area is 188 Å². The second-order valence-electron chi connectivity index (χ2n) is 7.60. The molecule has 0 bridgehead atoms. The second-order valence-corrected chi connectivity index (χ2v) is 7.60. The molecule has 162 valence electrons. The quantitative estimate of drug-likeness (QED) is 0.355. The van der Waals surface area contributed by atoms with Gasteiger partial charge in [-0.3, -0.25) is 0 Å². The van der Waals surface area contributed by atoms with Crippen molar-refractivity contribution in [2.24, 2.45) is 0 Å². The highest BCUT2D eigenvalue weighted by molar-refractivity contribution is 5.90. The molecule has 0 radical (unpaired) electrons. The van der Waals surface area contributed by atoms with Crippen molar-refractivity contribution in [3.8, 4) is 5.75 Å². The van der Waals surface area contributed by atoms with Gasteiger partial charge >= 0.3 is 6.03 Å². The van der Waals surface area contributed by atoms with Crippen LogP contribution in [0.5, 0.6) is 5.75 Å². The van der Waals surface area contributed by atoms with Crippen molar-refractivity contribution in [2.45, 2.75) is 26.6 Å². The SMILES string of the molecule is Cc1ccccc1NC(=O)N(Cc1cccc(OCc2ccccc2)c1)Cc1ccco1. The summed E-state index contributed by atoms with van der Waals surface area (Å²) in [4.78, 5) is 14.9. The number of amides is 2. The Bertz CT molecular complexity index is 1140. The van der Waals surface area contributed by atoms with Crippen LogP contribution in [0.4, 0.5) is 10.5 Å². The lowest BCUT2D eigenvalue weighted by atomic mass is 10.2. The normalized spacial score (nSPS) is 10.5. The van der Waals surface area contributed by atoms with E-state index in [0.717, 1.165) is 33.9 Å². The number of hydrogen-bond donors (Lipinski definition) is 1. The van der Waals surface area contributed by atoms with Crippen LogP contribution in [0.1, 0.15) is 22.5 Å². The molecule has 1 aromatic heterocycles. The van der Waals surface area contributed by atoms with Gasteiger partial charge in [0.05, 0.1) is 12.8 Å². The standard InChI is InChI=1S/C27H26N2O3/c1-21-9-5-6-15-26(21)28-27(30)29(19-25-14-8-16-31-25)18-23-12-7-13-24(17-23)32-20-22-10-3-2-4-11-22/h2-17H,18-20H2,1H3,(H,28,30). The van der Waals surface area contributed by atoms with Crippen molar-refractivity contribution < 1.29 is 13.9 Å². The maximum atomic E-state index is 13.1. The molecule has 1 N–H and O–H groups in total. The highest BCUT2D eigenvalue weighted by atomic mass is 16.5. The predicted octanol–water partition coefficient (Wildman–Crippen LogP) is 6.40. The van der Waals surface area contributed by atoms with Crippen molar-refractivity contribution in [3.05, 3.63) is 120 Å². The van der Waals surface area contributed by atoms with E-state index in [1.807, 2.05) is 97.9 Å². The number of nitrogens with zero attached hydrogens (tertiary/aromatic N) is 1. The van der Waals surface area contributed by atoms with E-state index >= 15 is 0 Å². The maximum absolute atomic E-state index is 13.1.